The Balaban J connectivity index is 1.79. The summed E-state index contributed by atoms with van der Waals surface area (Å²) in [6.45, 7) is 5.96. The molecule has 4 aromatic rings. The lowest BCUT2D eigenvalue weighted by molar-refractivity contribution is -0.140. The van der Waals surface area contributed by atoms with Crippen LogP contribution in [-0.2, 0) is 32.6 Å². The minimum absolute atomic E-state index is 0.0807. The minimum atomic E-state index is -4.12. The third kappa shape index (κ3) is 8.11. The second kappa shape index (κ2) is 14.6. The van der Waals surface area contributed by atoms with E-state index in [0.29, 0.717) is 12.2 Å². The number of amides is 2. The molecule has 0 aliphatic carbocycles. The van der Waals surface area contributed by atoms with Crippen LogP contribution in [0.15, 0.2) is 114 Å². The Morgan fingerprint density at radius 1 is 0.767 bits per heavy atom. The van der Waals surface area contributed by atoms with E-state index < -0.39 is 28.5 Å². The van der Waals surface area contributed by atoms with Gasteiger partial charge in [-0.2, -0.15) is 0 Å². The Labute approximate surface area is 255 Å². The molecule has 224 valence electrons. The van der Waals surface area contributed by atoms with Crippen LogP contribution in [0.2, 0.25) is 0 Å². The van der Waals surface area contributed by atoms with Gasteiger partial charge in [0.1, 0.15) is 12.6 Å². The molecule has 4 aromatic carbocycles. The van der Waals surface area contributed by atoms with E-state index in [2.05, 4.69) is 5.32 Å². The van der Waals surface area contributed by atoms with Crippen molar-refractivity contribution in [3.63, 3.8) is 0 Å². The van der Waals surface area contributed by atoms with E-state index in [-0.39, 0.29) is 23.8 Å². The first kappa shape index (κ1) is 31.5. The number of anilines is 1. The zero-order valence-corrected chi connectivity index (χ0v) is 25.8. The molecule has 0 spiro atoms. The second-order valence-corrected chi connectivity index (χ2v) is 12.5. The number of nitrogens with one attached hydrogen (secondary N) is 1. The fraction of sp³-hybridized carbons (Fsp3) is 0.257. The Morgan fingerprint density at radius 3 is 1.93 bits per heavy atom. The highest BCUT2D eigenvalue weighted by molar-refractivity contribution is 7.92. The fourth-order valence-electron chi connectivity index (χ4n) is 4.83. The summed E-state index contributed by atoms with van der Waals surface area (Å²) in [6.07, 6.45) is 1.02. The van der Waals surface area contributed by atoms with E-state index in [4.69, 9.17) is 0 Å². The minimum Gasteiger partial charge on any atom is -0.354 e. The summed E-state index contributed by atoms with van der Waals surface area (Å²) in [5, 5.41) is 2.96. The van der Waals surface area contributed by atoms with E-state index in [1.807, 2.05) is 87.5 Å². The lowest BCUT2D eigenvalue weighted by Crippen LogP contribution is -2.53. The smallest absolute Gasteiger partial charge is 0.264 e. The molecular formula is C35H39N3O4S. The van der Waals surface area contributed by atoms with Crippen molar-refractivity contribution in [2.75, 3.05) is 17.4 Å². The van der Waals surface area contributed by atoms with Crippen molar-refractivity contribution in [2.45, 2.75) is 51.1 Å². The third-order valence-electron chi connectivity index (χ3n) is 7.40. The van der Waals surface area contributed by atoms with Gasteiger partial charge in [0.15, 0.2) is 0 Å². The van der Waals surface area contributed by atoms with E-state index in [1.54, 1.807) is 30.3 Å². The maximum absolute atomic E-state index is 14.4. The maximum atomic E-state index is 14.4. The Hall–Kier alpha value is -4.43. The predicted molar refractivity (Wildman–Crippen MR) is 171 cm³/mol. The molecule has 1 unspecified atom stereocenters. The molecule has 0 heterocycles. The van der Waals surface area contributed by atoms with E-state index in [1.165, 1.54) is 17.0 Å². The van der Waals surface area contributed by atoms with Crippen molar-refractivity contribution in [3.8, 4) is 0 Å². The number of hydrogen-bond donors (Lipinski definition) is 1. The first-order chi connectivity index (χ1) is 20.7. The molecule has 0 saturated carbocycles. The third-order valence-corrected chi connectivity index (χ3v) is 9.19. The number of sulfonamides is 1. The molecule has 0 aromatic heterocycles. The van der Waals surface area contributed by atoms with Crippen molar-refractivity contribution in [1.29, 1.82) is 0 Å². The molecule has 1 N–H and O–H groups in total. The summed E-state index contributed by atoms with van der Waals surface area (Å²) in [5.41, 5.74) is 4.03. The highest BCUT2D eigenvalue weighted by Crippen LogP contribution is 2.27. The van der Waals surface area contributed by atoms with Crippen LogP contribution in [0, 0.1) is 13.8 Å². The molecule has 0 aliphatic heterocycles. The normalized spacial score (nSPS) is 11.9. The number of carbonyl (C=O) groups is 2. The van der Waals surface area contributed by atoms with E-state index in [9.17, 15) is 18.0 Å². The van der Waals surface area contributed by atoms with Gasteiger partial charge in [0, 0.05) is 19.5 Å². The molecule has 0 radical (unpaired) electrons. The van der Waals surface area contributed by atoms with Crippen molar-refractivity contribution in [2.24, 2.45) is 0 Å². The summed E-state index contributed by atoms with van der Waals surface area (Å²) in [6, 6.07) is 31.6. The van der Waals surface area contributed by atoms with E-state index >= 15 is 0 Å². The molecule has 1 atom stereocenters. The largest absolute Gasteiger partial charge is 0.354 e. The predicted octanol–water partition coefficient (Wildman–Crippen LogP) is 5.67. The molecule has 7 nitrogen and oxygen atoms in total. The first-order valence-corrected chi connectivity index (χ1v) is 15.9. The topological polar surface area (TPSA) is 86.8 Å². The zero-order valence-electron chi connectivity index (χ0n) is 24.9. The molecule has 0 fully saturated rings. The molecule has 43 heavy (non-hydrogen) atoms. The standard InChI is InChI=1S/C35H39N3O4S/c1-4-22-36-35(40)33(24-29-14-8-5-9-15-29)37(25-30-16-10-6-11-17-30)34(39)26-38(31-21-20-27(2)28(3)23-31)43(41,42)32-18-12-7-13-19-32/h5-21,23,33H,4,22,24-26H2,1-3H3,(H,36,40). The van der Waals surface area contributed by atoms with Gasteiger partial charge in [0.25, 0.3) is 10.0 Å². The van der Waals surface area contributed by atoms with Crippen LogP contribution < -0.4 is 9.62 Å². The van der Waals surface area contributed by atoms with Gasteiger partial charge in [-0.25, -0.2) is 8.42 Å². The SMILES string of the molecule is CCCNC(=O)C(Cc1ccccc1)N(Cc1ccccc1)C(=O)CN(c1ccc(C)c(C)c1)S(=O)(=O)c1ccccc1. The van der Waals surface area contributed by atoms with Gasteiger partial charge in [-0.1, -0.05) is 91.9 Å². The molecule has 0 aliphatic rings. The zero-order chi connectivity index (χ0) is 30.8. The van der Waals surface area contributed by atoms with Crippen molar-refractivity contribution >= 4 is 27.5 Å². The van der Waals surface area contributed by atoms with Crippen LogP contribution in [0.25, 0.3) is 0 Å². The van der Waals surface area contributed by atoms with Crippen molar-refractivity contribution in [3.05, 3.63) is 131 Å². The quantitative estimate of drug-likeness (QED) is 0.215. The van der Waals surface area contributed by atoms with Gasteiger partial charge in [0.2, 0.25) is 11.8 Å². The summed E-state index contributed by atoms with van der Waals surface area (Å²) < 4.78 is 29.3. The van der Waals surface area contributed by atoms with Gasteiger partial charge < -0.3 is 10.2 Å². The van der Waals surface area contributed by atoms with Crippen LogP contribution in [-0.4, -0.2) is 44.3 Å². The van der Waals surface area contributed by atoms with Crippen LogP contribution in [0.5, 0.6) is 0 Å². The second-order valence-electron chi connectivity index (χ2n) is 10.6. The number of nitrogens with zero attached hydrogens (tertiary/aromatic N) is 2. The maximum Gasteiger partial charge on any atom is 0.264 e. The van der Waals surface area contributed by atoms with E-state index in [0.717, 1.165) is 33.0 Å². The molecular weight excluding hydrogens is 558 g/mol. The fourth-order valence-corrected chi connectivity index (χ4v) is 6.26. The van der Waals surface area contributed by atoms with Crippen LogP contribution >= 0.6 is 0 Å². The summed E-state index contributed by atoms with van der Waals surface area (Å²) in [4.78, 5) is 29.7. The molecule has 8 heteroatoms. The number of rotatable bonds is 13. The monoisotopic (exact) mass is 597 g/mol. The van der Waals surface area contributed by atoms with Gasteiger partial charge in [-0.3, -0.25) is 13.9 Å². The Bertz CT molecular complexity index is 1610. The van der Waals surface area contributed by atoms with Gasteiger partial charge in [-0.15, -0.1) is 0 Å². The van der Waals surface area contributed by atoms with Gasteiger partial charge >= 0.3 is 0 Å². The summed E-state index contributed by atoms with van der Waals surface area (Å²) in [5.74, 6) is -0.757. The molecule has 2 amide bonds. The average Bonchev–Trinajstić information content (AvgIpc) is 3.03. The van der Waals surface area contributed by atoms with Crippen molar-refractivity contribution in [1.82, 2.24) is 10.2 Å². The van der Waals surface area contributed by atoms with Crippen LogP contribution in [0.3, 0.4) is 0 Å². The average molecular weight is 598 g/mol. The lowest BCUT2D eigenvalue weighted by atomic mass is 10.0. The summed E-state index contributed by atoms with van der Waals surface area (Å²) in [7, 11) is -4.12. The van der Waals surface area contributed by atoms with Gasteiger partial charge in [-0.05, 0) is 66.8 Å². The molecule has 0 bridgehead atoms. The van der Waals surface area contributed by atoms with Gasteiger partial charge in [0.05, 0.1) is 10.6 Å². The number of benzene rings is 4. The highest BCUT2D eigenvalue weighted by Gasteiger charge is 2.34. The molecule has 0 saturated heterocycles. The Kier molecular flexibility index (Phi) is 10.7. The van der Waals surface area contributed by atoms with Crippen molar-refractivity contribution < 1.29 is 18.0 Å². The first-order valence-electron chi connectivity index (χ1n) is 14.5. The Morgan fingerprint density at radius 2 is 1.35 bits per heavy atom. The lowest BCUT2D eigenvalue weighted by Gasteiger charge is -2.34. The number of hydrogen-bond acceptors (Lipinski definition) is 4. The number of aryl methyl sites for hydroxylation is 2. The molecule has 4 rings (SSSR count). The highest BCUT2D eigenvalue weighted by atomic mass is 32.2. The van der Waals surface area contributed by atoms with Crippen LogP contribution in [0.4, 0.5) is 5.69 Å². The summed E-state index contributed by atoms with van der Waals surface area (Å²) >= 11 is 0. The number of carbonyl (C=O) groups excluding carboxylic acids is 2. The van der Waals surface area contributed by atoms with Crippen LogP contribution in [0.1, 0.15) is 35.6 Å².